The highest BCUT2D eigenvalue weighted by atomic mass is 16.5. The molecular formula is C16H23NO3. The number of ether oxygens (including phenoxy) is 2. The van der Waals surface area contributed by atoms with Gasteiger partial charge >= 0.3 is 0 Å². The summed E-state index contributed by atoms with van der Waals surface area (Å²) in [5.41, 5.74) is 0.600. The van der Waals surface area contributed by atoms with Gasteiger partial charge in [-0.05, 0) is 32.9 Å². The van der Waals surface area contributed by atoms with Crippen LogP contribution in [0.3, 0.4) is 0 Å². The summed E-state index contributed by atoms with van der Waals surface area (Å²) in [7, 11) is 3.37. The van der Waals surface area contributed by atoms with Crippen molar-refractivity contribution < 1.29 is 13.9 Å². The van der Waals surface area contributed by atoms with E-state index in [0.717, 1.165) is 29.0 Å². The van der Waals surface area contributed by atoms with Gasteiger partial charge in [-0.3, -0.25) is 0 Å². The maximum Gasteiger partial charge on any atom is 0.176 e. The second-order valence-electron chi connectivity index (χ2n) is 5.59. The standard InChI is InChI=1S/C16H23NO3/c1-11(17-10-16(2,3)19-5)14-9-12-7-6-8-13(18-4)15(12)20-14/h6-9,11,17H,10H2,1-5H3. The first kappa shape index (κ1) is 14.9. The molecule has 0 radical (unpaired) electrons. The molecule has 1 atom stereocenters. The molecule has 1 N–H and O–H groups in total. The van der Waals surface area contributed by atoms with E-state index in [1.165, 1.54) is 0 Å². The van der Waals surface area contributed by atoms with Crippen LogP contribution in [0.15, 0.2) is 28.7 Å². The summed E-state index contributed by atoms with van der Waals surface area (Å²) in [6.07, 6.45) is 0. The van der Waals surface area contributed by atoms with Crippen molar-refractivity contribution in [3.05, 3.63) is 30.0 Å². The molecule has 1 aromatic heterocycles. The first-order valence-electron chi connectivity index (χ1n) is 6.82. The number of hydrogen-bond donors (Lipinski definition) is 1. The monoisotopic (exact) mass is 277 g/mol. The number of furan rings is 1. The summed E-state index contributed by atoms with van der Waals surface area (Å²) in [5, 5.41) is 4.48. The first-order valence-corrected chi connectivity index (χ1v) is 6.82. The number of nitrogens with one attached hydrogen (secondary N) is 1. The summed E-state index contributed by atoms with van der Waals surface area (Å²) in [6, 6.07) is 8.06. The van der Waals surface area contributed by atoms with E-state index in [4.69, 9.17) is 13.9 Å². The van der Waals surface area contributed by atoms with E-state index in [1.807, 2.05) is 32.0 Å². The molecule has 0 aliphatic carbocycles. The molecule has 0 spiro atoms. The molecular weight excluding hydrogens is 254 g/mol. The molecule has 4 nitrogen and oxygen atoms in total. The Labute approximate surface area is 120 Å². The summed E-state index contributed by atoms with van der Waals surface area (Å²) >= 11 is 0. The minimum absolute atomic E-state index is 0.113. The molecule has 0 aliphatic heterocycles. The summed E-state index contributed by atoms with van der Waals surface area (Å²) in [4.78, 5) is 0. The van der Waals surface area contributed by atoms with Crippen molar-refractivity contribution in [2.45, 2.75) is 32.4 Å². The molecule has 4 heteroatoms. The van der Waals surface area contributed by atoms with Gasteiger partial charge < -0.3 is 19.2 Å². The van der Waals surface area contributed by atoms with Gasteiger partial charge in [0.1, 0.15) is 5.76 Å². The van der Waals surface area contributed by atoms with E-state index in [9.17, 15) is 0 Å². The van der Waals surface area contributed by atoms with Crippen LogP contribution in [0.5, 0.6) is 5.75 Å². The fraction of sp³-hybridized carbons (Fsp3) is 0.500. The quantitative estimate of drug-likeness (QED) is 0.877. The van der Waals surface area contributed by atoms with Gasteiger partial charge in [-0.2, -0.15) is 0 Å². The number of fused-ring (bicyclic) bond motifs is 1. The topological polar surface area (TPSA) is 43.6 Å². The third-order valence-electron chi connectivity index (χ3n) is 3.56. The maximum atomic E-state index is 5.92. The van der Waals surface area contributed by atoms with Crippen molar-refractivity contribution in [1.82, 2.24) is 5.32 Å². The highest BCUT2D eigenvalue weighted by Gasteiger charge is 2.19. The third kappa shape index (κ3) is 3.14. The van der Waals surface area contributed by atoms with Crippen LogP contribution >= 0.6 is 0 Å². The Morgan fingerprint density at radius 3 is 2.70 bits per heavy atom. The molecule has 0 saturated heterocycles. The van der Waals surface area contributed by atoms with Gasteiger partial charge in [0.15, 0.2) is 11.3 Å². The van der Waals surface area contributed by atoms with Gasteiger partial charge in [-0.25, -0.2) is 0 Å². The largest absolute Gasteiger partial charge is 0.493 e. The van der Waals surface area contributed by atoms with E-state index in [1.54, 1.807) is 14.2 Å². The van der Waals surface area contributed by atoms with Gasteiger partial charge in [-0.1, -0.05) is 12.1 Å². The van der Waals surface area contributed by atoms with Crippen molar-refractivity contribution in [1.29, 1.82) is 0 Å². The fourth-order valence-corrected chi connectivity index (χ4v) is 2.00. The predicted molar refractivity (Wildman–Crippen MR) is 80.3 cm³/mol. The number of benzene rings is 1. The van der Waals surface area contributed by atoms with Crippen LogP contribution in [0.4, 0.5) is 0 Å². The van der Waals surface area contributed by atoms with Crippen LogP contribution in [-0.2, 0) is 4.74 Å². The number of methoxy groups -OCH3 is 2. The van der Waals surface area contributed by atoms with E-state index in [2.05, 4.69) is 18.3 Å². The zero-order valence-electron chi connectivity index (χ0n) is 12.8. The van der Waals surface area contributed by atoms with Gasteiger partial charge in [-0.15, -0.1) is 0 Å². The molecule has 20 heavy (non-hydrogen) atoms. The average molecular weight is 277 g/mol. The molecule has 2 aromatic rings. The van der Waals surface area contributed by atoms with Crippen LogP contribution in [-0.4, -0.2) is 26.4 Å². The smallest absolute Gasteiger partial charge is 0.176 e. The van der Waals surface area contributed by atoms with Crippen molar-refractivity contribution in [2.24, 2.45) is 0 Å². The Balaban J connectivity index is 2.16. The zero-order chi connectivity index (χ0) is 14.8. The lowest BCUT2D eigenvalue weighted by Gasteiger charge is -2.25. The van der Waals surface area contributed by atoms with Crippen LogP contribution in [0.1, 0.15) is 32.6 Å². The molecule has 0 saturated carbocycles. The Kier molecular flexibility index (Phi) is 4.35. The Hall–Kier alpha value is -1.52. The summed E-state index contributed by atoms with van der Waals surface area (Å²) < 4.78 is 16.6. The van der Waals surface area contributed by atoms with Crippen LogP contribution < -0.4 is 10.1 Å². The summed E-state index contributed by atoms with van der Waals surface area (Å²) in [6.45, 7) is 6.93. The molecule has 0 aliphatic rings. The van der Waals surface area contributed by atoms with Gasteiger partial charge in [0.25, 0.3) is 0 Å². The number of rotatable bonds is 6. The first-order chi connectivity index (χ1) is 9.46. The molecule has 2 rings (SSSR count). The summed E-state index contributed by atoms with van der Waals surface area (Å²) in [5.74, 6) is 1.66. The van der Waals surface area contributed by atoms with Crippen LogP contribution in [0, 0.1) is 0 Å². The Morgan fingerprint density at radius 1 is 1.30 bits per heavy atom. The number of para-hydroxylation sites is 1. The normalized spacial score (nSPS) is 13.7. The van der Waals surface area contributed by atoms with E-state index >= 15 is 0 Å². The van der Waals surface area contributed by atoms with Crippen molar-refractivity contribution >= 4 is 11.0 Å². The second kappa shape index (κ2) is 5.85. The lowest BCUT2D eigenvalue weighted by Crippen LogP contribution is -2.37. The van der Waals surface area contributed by atoms with E-state index < -0.39 is 0 Å². The minimum atomic E-state index is -0.196. The lowest BCUT2D eigenvalue weighted by atomic mass is 10.1. The SMILES string of the molecule is COc1cccc2cc(C(C)NCC(C)(C)OC)oc12. The average Bonchev–Trinajstić information content (AvgIpc) is 2.88. The fourth-order valence-electron chi connectivity index (χ4n) is 2.00. The van der Waals surface area contributed by atoms with E-state index in [-0.39, 0.29) is 11.6 Å². The maximum absolute atomic E-state index is 5.92. The molecule has 0 amide bonds. The molecule has 1 unspecified atom stereocenters. The van der Waals surface area contributed by atoms with Gasteiger partial charge in [0.2, 0.25) is 0 Å². The second-order valence-corrected chi connectivity index (χ2v) is 5.59. The third-order valence-corrected chi connectivity index (χ3v) is 3.56. The lowest BCUT2D eigenvalue weighted by molar-refractivity contribution is 0.0210. The van der Waals surface area contributed by atoms with E-state index in [0.29, 0.717) is 0 Å². The molecule has 1 aromatic carbocycles. The predicted octanol–water partition coefficient (Wildman–Crippen LogP) is 3.52. The molecule has 110 valence electrons. The van der Waals surface area contributed by atoms with Crippen molar-refractivity contribution in [3.63, 3.8) is 0 Å². The Bertz CT molecular complexity index is 574. The number of hydrogen-bond acceptors (Lipinski definition) is 4. The van der Waals surface area contributed by atoms with Crippen LogP contribution in [0.25, 0.3) is 11.0 Å². The van der Waals surface area contributed by atoms with Crippen molar-refractivity contribution in [3.8, 4) is 5.75 Å². The minimum Gasteiger partial charge on any atom is -0.493 e. The van der Waals surface area contributed by atoms with Crippen molar-refractivity contribution in [2.75, 3.05) is 20.8 Å². The zero-order valence-corrected chi connectivity index (χ0v) is 12.8. The molecule has 1 heterocycles. The highest BCUT2D eigenvalue weighted by Crippen LogP contribution is 2.30. The molecule has 0 bridgehead atoms. The highest BCUT2D eigenvalue weighted by molar-refractivity contribution is 5.83. The van der Waals surface area contributed by atoms with Gasteiger partial charge in [0, 0.05) is 19.0 Å². The van der Waals surface area contributed by atoms with Crippen LogP contribution in [0.2, 0.25) is 0 Å². The Morgan fingerprint density at radius 2 is 2.05 bits per heavy atom. The molecule has 0 fully saturated rings. The van der Waals surface area contributed by atoms with Gasteiger partial charge in [0.05, 0.1) is 18.8 Å².